The van der Waals surface area contributed by atoms with Gasteiger partial charge in [0.15, 0.2) is 0 Å². The molecule has 0 saturated heterocycles. The second-order valence-corrected chi connectivity index (χ2v) is 5.05. The molecule has 1 heteroatoms. The monoisotopic (exact) mass is 380 g/mol. The Kier molecular flexibility index (Phi) is 16.8. The number of rotatable bonds is 4. The summed E-state index contributed by atoms with van der Waals surface area (Å²) < 4.78 is 0. The van der Waals surface area contributed by atoms with E-state index in [0.29, 0.717) is 5.92 Å². The molecule has 1 atom stereocenters. The van der Waals surface area contributed by atoms with E-state index in [-0.39, 0.29) is 26.2 Å². The Morgan fingerprint density at radius 2 is 1.17 bits per heavy atom. The first-order chi connectivity index (χ1) is 10.8. The van der Waals surface area contributed by atoms with E-state index in [1.54, 1.807) is 0 Å². The van der Waals surface area contributed by atoms with Gasteiger partial charge in [0, 0.05) is 0 Å². The number of hydrogen-bond donors (Lipinski definition) is 0. The standard InChI is InChI=1S/C12H16.2C5H5.Zr/c1-3-11(2)9-10-12-7-5-4-6-8-12;2*1-2-4-5-3-1;/h4-8,10-11H,2-3,9H2,1H3;2*1-5H;/q-2;;;+2/t11-;;;/m0.../s1. The number of benzene rings is 1. The maximum absolute atomic E-state index is 4.04. The third-order valence-corrected chi connectivity index (χ3v) is 3.17. The fraction of sp³-hybridized carbons (Fsp3) is 0.182. The number of hydrogen-bond acceptors (Lipinski definition) is 0. The first-order valence-electron chi connectivity index (χ1n) is 7.87. The Balaban J connectivity index is 0.000000362. The molecule has 2 aliphatic rings. The first kappa shape index (κ1) is 23.0. The van der Waals surface area contributed by atoms with Crippen molar-refractivity contribution in [2.75, 3.05) is 0 Å². The summed E-state index contributed by atoms with van der Waals surface area (Å²) in [6.45, 7) is 6.22. The second kappa shape index (κ2) is 16.8. The van der Waals surface area contributed by atoms with Crippen LogP contribution in [0.1, 0.15) is 25.3 Å². The zero-order chi connectivity index (χ0) is 15.9. The van der Waals surface area contributed by atoms with E-state index in [9.17, 15) is 0 Å². The molecule has 0 unspecified atom stereocenters. The zero-order valence-electron chi connectivity index (χ0n) is 13.9. The van der Waals surface area contributed by atoms with Crippen molar-refractivity contribution in [3.05, 3.63) is 113 Å². The van der Waals surface area contributed by atoms with E-state index in [2.05, 4.69) is 44.5 Å². The van der Waals surface area contributed by atoms with Gasteiger partial charge in [-0.05, 0) is 64.2 Å². The molecule has 118 valence electrons. The summed E-state index contributed by atoms with van der Waals surface area (Å²) in [4.78, 5) is 0. The molecule has 0 heterocycles. The molecule has 1 aromatic rings. The van der Waals surface area contributed by atoms with E-state index in [4.69, 9.17) is 0 Å². The van der Waals surface area contributed by atoms with Crippen LogP contribution in [0.2, 0.25) is 0 Å². The average molecular weight is 382 g/mol. The van der Waals surface area contributed by atoms with Crippen molar-refractivity contribution >= 4 is 0 Å². The summed E-state index contributed by atoms with van der Waals surface area (Å²) in [5.74, 6) is 0.560. The molecule has 0 aromatic heterocycles. The van der Waals surface area contributed by atoms with Crippen LogP contribution in [0.3, 0.4) is 0 Å². The van der Waals surface area contributed by atoms with Gasteiger partial charge in [-0.3, -0.25) is 0 Å². The topological polar surface area (TPSA) is 0 Å². The van der Waals surface area contributed by atoms with Crippen molar-refractivity contribution in [3.8, 4) is 0 Å². The van der Waals surface area contributed by atoms with Gasteiger partial charge in [-0.25, -0.2) is 0 Å². The Morgan fingerprint density at radius 1 is 0.783 bits per heavy atom. The summed E-state index contributed by atoms with van der Waals surface area (Å²) in [5.41, 5.74) is 1.31. The van der Waals surface area contributed by atoms with Crippen molar-refractivity contribution in [2.24, 2.45) is 5.92 Å². The van der Waals surface area contributed by atoms with Crippen LogP contribution in [0.25, 0.3) is 0 Å². The van der Waals surface area contributed by atoms with Crippen molar-refractivity contribution in [3.63, 3.8) is 0 Å². The van der Waals surface area contributed by atoms with Gasteiger partial charge in [-0.15, -0.1) is 18.6 Å². The predicted octanol–water partition coefficient (Wildman–Crippen LogP) is 5.53. The smallest absolute Gasteiger partial charge is 0.341 e. The SMILES string of the molecule is [CH2-][C@@H](CC)C[CH-]c1ccccc1.[CH]1[CH][CH][CH][CH]1.[CH]1[CH][CH][CH][CH]1.[Zr+2]. The largest absolute Gasteiger partial charge is 2.00 e. The second-order valence-electron chi connectivity index (χ2n) is 5.05. The molecule has 2 saturated carbocycles. The molecule has 23 heavy (non-hydrogen) atoms. The molecule has 1 aromatic carbocycles. The minimum Gasteiger partial charge on any atom is -0.341 e. The van der Waals surface area contributed by atoms with Gasteiger partial charge < -0.3 is 6.92 Å². The molecular weight excluding hydrogens is 355 g/mol. The van der Waals surface area contributed by atoms with Crippen LogP contribution < -0.4 is 0 Å². The van der Waals surface area contributed by atoms with Crippen molar-refractivity contribution in [2.45, 2.75) is 19.8 Å². The van der Waals surface area contributed by atoms with E-state index in [1.807, 2.05) is 70.3 Å². The van der Waals surface area contributed by atoms with Crippen LogP contribution in [0.4, 0.5) is 0 Å². The fourth-order valence-corrected chi connectivity index (χ4v) is 1.70. The quantitative estimate of drug-likeness (QED) is 0.602. The summed E-state index contributed by atoms with van der Waals surface area (Å²) in [5, 5.41) is 0. The van der Waals surface area contributed by atoms with E-state index in [1.165, 1.54) is 5.56 Å². The maximum atomic E-state index is 4.04. The Hall–Kier alpha value is -0.0269. The van der Waals surface area contributed by atoms with E-state index < -0.39 is 0 Å². The van der Waals surface area contributed by atoms with Crippen LogP contribution in [0.5, 0.6) is 0 Å². The van der Waals surface area contributed by atoms with Crippen LogP contribution in [0, 0.1) is 83.5 Å². The molecule has 10 radical (unpaired) electrons. The third kappa shape index (κ3) is 14.1. The van der Waals surface area contributed by atoms with E-state index >= 15 is 0 Å². The Labute approximate surface area is 165 Å². The normalized spacial score (nSPS) is 17.0. The molecular formula is C22H26Zr. The van der Waals surface area contributed by atoms with Crippen molar-refractivity contribution in [1.82, 2.24) is 0 Å². The molecule has 0 N–H and O–H groups in total. The van der Waals surface area contributed by atoms with Gasteiger partial charge in [-0.2, -0.15) is 30.0 Å². The van der Waals surface area contributed by atoms with Gasteiger partial charge in [0.25, 0.3) is 0 Å². The summed E-state index contributed by atoms with van der Waals surface area (Å²) in [6.07, 6.45) is 24.5. The minimum absolute atomic E-state index is 0. The summed E-state index contributed by atoms with van der Waals surface area (Å²) >= 11 is 0. The van der Waals surface area contributed by atoms with Gasteiger partial charge >= 0.3 is 26.2 Å². The average Bonchev–Trinajstić information content (AvgIpc) is 3.31. The van der Waals surface area contributed by atoms with Crippen LogP contribution in [-0.2, 0) is 26.2 Å². The summed E-state index contributed by atoms with van der Waals surface area (Å²) in [7, 11) is 0. The molecule has 2 fully saturated rings. The van der Waals surface area contributed by atoms with Crippen LogP contribution in [-0.4, -0.2) is 0 Å². The molecule has 0 bridgehead atoms. The fourth-order valence-electron chi connectivity index (χ4n) is 1.70. The zero-order valence-corrected chi connectivity index (χ0v) is 16.4. The Bertz CT molecular complexity index is 300. The molecule has 2 aliphatic carbocycles. The van der Waals surface area contributed by atoms with Crippen molar-refractivity contribution in [1.29, 1.82) is 0 Å². The van der Waals surface area contributed by atoms with Gasteiger partial charge in [-0.1, -0.05) is 19.4 Å². The van der Waals surface area contributed by atoms with Gasteiger partial charge in [0.1, 0.15) is 0 Å². The first-order valence-corrected chi connectivity index (χ1v) is 7.87. The van der Waals surface area contributed by atoms with Crippen LogP contribution in [0.15, 0.2) is 30.3 Å². The molecule has 0 nitrogen and oxygen atoms in total. The van der Waals surface area contributed by atoms with Gasteiger partial charge in [0.2, 0.25) is 0 Å². The molecule has 0 spiro atoms. The molecule has 3 rings (SSSR count). The molecule has 0 amide bonds. The predicted molar refractivity (Wildman–Crippen MR) is 96.6 cm³/mol. The van der Waals surface area contributed by atoms with Crippen molar-refractivity contribution < 1.29 is 26.2 Å². The maximum Gasteiger partial charge on any atom is 2.00 e. The van der Waals surface area contributed by atoms with Gasteiger partial charge in [0.05, 0.1) is 0 Å². The van der Waals surface area contributed by atoms with Crippen LogP contribution >= 0.6 is 0 Å². The minimum atomic E-state index is 0. The summed E-state index contributed by atoms with van der Waals surface area (Å²) in [6, 6.07) is 10.4. The van der Waals surface area contributed by atoms with E-state index in [0.717, 1.165) is 12.8 Å². The Morgan fingerprint density at radius 3 is 1.52 bits per heavy atom. The molecule has 0 aliphatic heterocycles. The third-order valence-electron chi connectivity index (χ3n) is 3.17.